The minimum absolute atomic E-state index is 0.542. The number of rotatable bonds is 8. The van der Waals surface area contributed by atoms with Gasteiger partial charge in [0.2, 0.25) is 0 Å². The van der Waals surface area contributed by atoms with Gasteiger partial charge in [-0.15, -0.1) is 0 Å². The molecule has 0 saturated heterocycles. The fourth-order valence-corrected chi connectivity index (χ4v) is 2.81. The van der Waals surface area contributed by atoms with Gasteiger partial charge in [-0.2, -0.15) is 0 Å². The Morgan fingerprint density at radius 3 is 2.38 bits per heavy atom. The summed E-state index contributed by atoms with van der Waals surface area (Å²) in [4.78, 5) is 0. The Morgan fingerprint density at radius 2 is 1.92 bits per heavy atom. The van der Waals surface area contributed by atoms with Gasteiger partial charge in [0, 0.05) is 27.3 Å². The summed E-state index contributed by atoms with van der Waals surface area (Å²) in [5, 5.41) is 3.26. The molecule has 0 aliphatic rings. The molecule has 0 aromatic carbocycles. The van der Waals surface area contributed by atoms with E-state index in [1.54, 1.807) is 14.2 Å². The van der Waals surface area contributed by atoms with Gasteiger partial charge in [0.25, 0.3) is 0 Å². The second kappa shape index (κ2) is 8.65. The van der Waals surface area contributed by atoms with Crippen LogP contribution >= 0.6 is 0 Å². The molecule has 0 bridgehead atoms. The summed E-state index contributed by atoms with van der Waals surface area (Å²) in [5.74, 6) is 0. The lowest BCUT2D eigenvalue weighted by atomic mass is 10.3. The average Bonchev–Trinajstić information content (AvgIpc) is 2.14. The van der Waals surface area contributed by atoms with Crippen molar-refractivity contribution in [2.75, 3.05) is 33.9 Å². The van der Waals surface area contributed by atoms with Crippen LogP contribution in [0.2, 0.25) is 5.54 Å². The molecule has 0 saturated carbocycles. The first kappa shape index (κ1) is 13.1. The highest BCUT2D eigenvalue weighted by atomic mass is 28.3. The van der Waals surface area contributed by atoms with Gasteiger partial charge in [-0.1, -0.05) is 6.92 Å². The summed E-state index contributed by atoms with van der Waals surface area (Å²) >= 11 is 0. The minimum Gasteiger partial charge on any atom is -0.400 e. The molecule has 0 amide bonds. The van der Waals surface area contributed by atoms with Crippen LogP contribution in [0.1, 0.15) is 13.3 Å². The van der Waals surface area contributed by atoms with Gasteiger partial charge in [0.1, 0.15) is 0 Å². The Morgan fingerprint density at radius 1 is 1.31 bits per heavy atom. The normalized spacial score (nSPS) is 13.6. The molecule has 0 aliphatic heterocycles. The van der Waals surface area contributed by atoms with Crippen LogP contribution in [0.4, 0.5) is 0 Å². The summed E-state index contributed by atoms with van der Waals surface area (Å²) in [5.41, 5.74) is 5.90. The predicted molar refractivity (Wildman–Crippen MR) is 57.1 cm³/mol. The van der Waals surface area contributed by atoms with Gasteiger partial charge in [0.15, 0.2) is 0 Å². The zero-order valence-electron chi connectivity index (χ0n) is 8.88. The first-order valence-electron chi connectivity index (χ1n) is 4.72. The molecule has 5 heteroatoms. The molecule has 13 heavy (non-hydrogen) atoms. The second-order valence-corrected chi connectivity index (χ2v) is 5.96. The molecule has 0 fully saturated rings. The van der Waals surface area contributed by atoms with E-state index in [1.165, 1.54) is 0 Å². The van der Waals surface area contributed by atoms with E-state index in [2.05, 4.69) is 12.2 Å². The van der Waals surface area contributed by atoms with Gasteiger partial charge in [0.05, 0.1) is 0 Å². The maximum atomic E-state index is 5.35. The van der Waals surface area contributed by atoms with Gasteiger partial charge in [-0.05, 0) is 18.5 Å². The topological polar surface area (TPSA) is 56.5 Å². The van der Waals surface area contributed by atoms with Crippen molar-refractivity contribution < 1.29 is 8.85 Å². The maximum absolute atomic E-state index is 5.35. The van der Waals surface area contributed by atoms with Crippen LogP contribution in [0.25, 0.3) is 0 Å². The van der Waals surface area contributed by atoms with E-state index in [4.69, 9.17) is 14.6 Å². The summed E-state index contributed by atoms with van der Waals surface area (Å²) in [6.45, 7) is 4.76. The standard InChI is InChI=1S/C8H22N2O2Si/c1-8(13(11-2)12-3)4-6-10-7-5-9/h8,10,13H,4-7,9H2,1-3H3. The fourth-order valence-electron chi connectivity index (χ4n) is 1.25. The number of hydrogen-bond acceptors (Lipinski definition) is 4. The largest absolute Gasteiger partial charge is 0.400 e. The number of nitrogens with two attached hydrogens (primary N) is 1. The lowest BCUT2D eigenvalue weighted by Crippen LogP contribution is -2.29. The third-order valence-electron chi connectivity index (χ3n) is 2.03. The summed E-state index contributed by atoms with van der Waals surface area (Å²) in [6.07, 6.45) is 1.10. The van der Waals surface area contributed by atoms with E-state index in [0.717, 1.165) is 19.5 Å². The molecular formula is C8H22N2O2Si. The highest BCUT2D eigenvalue weighted by Gasteiger charge is 2.18. The third kappa shape index (κ3) is 6.17. The molecule has 0 spiro atoms. The Labute approximate surface area is 82.6 Å². The Balaban J connectivity index is 3.42. The molecule has 0 aliphatic carbocycles. The number of nitrogens with one attached hydrogen (secondary N) is 1. The molecule has 4 nitrogen and oxygen atoms in total. The summed E-state index contributed by atoms with van der Waals surface area (Å²) in [6, 6.07) is 0. The minimum atomic E-state index is -1.41. The predicted octanol–water partition coefficient (Wildman–Crippen LogP) is -0.172. The molecule has 0 aromatic rings. The van der Waals surface area contributed by atoms with Gasteiger partial charge < -0.3 is 19.9 Å². The van der Waals surface area contributed by atoms with Crippen LogP contribution in [0, 0.1) is 0 Å². The summed E-state index contributed by atoms with van der Waals surface area (Å²) < 4.78 is 10.6. The van der Waals surface area contributed by atoms with Gasteiger partial charge in [-0.25, -0.2) is 0 Å². The Kier molecular flexibility index (Phi) is 8.68. The molecule has 0 heterocycles. The molecule has 0 rings (SSSR count). The van der Waals surface area contributed by atoms with Crippen LogP contribution in [0.15, 0.2) is 0 Å². The van der Waals surface area contributed by atoms with Crippen molar-refractivity contribution in [1.82, 2.24) is 5.32 Å². The van der Waals surface area contributed by atoms with E-state index >= 15 is 0 Å². The maximum Gasteiger partial charge on any atom is 0.323 e. The molecule has 0 radical (unpaired) electrons. The second-order valence-electron chi connectivity index (χ2n) is 3.14. The van der Waals surface area contributed by atoms with Crippen molar-refractivity contribution in [2.24, 2.45) is 5.73 Å². The molecule has 3 N–H and O–H groups in total. The Hall–Kier alpha value is 0.0569. The van der Waals surface area contributed by atoms with Crippen LogP contribution in [-0.4, -0.2) is 43.1 Å². The number of hydrogen-bond donors (Lipinski definition) is 2. The van der Waals surface area contributed by atoms with Crippen molar-refractivity contribution in [3.05, 3.63) is 0 Å². The molecule has 1 atom stereocenters. The van der Waals surface area contributed by atoms with Crippen molar-refractivity contribution >= 4 is 9.28 Å². The first-order chi connectivity index (χ1) is 6.26. The molecule has 0 aromatic heterocycles. The van der Waals surface area contributed by atoms with Crippen molar-refractivity contribution in [1.29, 1.82) is 0 Å². The first-order valence-corrected chi connectivity index (χ1v) is 6.33. The van der Waals surface area contributed by atoms with Crippen LogP contribution in [-0.2, 0) is 8.85 Å². The smallest absolute Gasteiger partial charge is 0.323 e. The van der Waals surface area contributed by atoms with Crippen molar-refractivity contribution in [2.45, 2.75) is 18.9 Å². The quantitative estimate of drug-likeness (QED) is 0.428. The Bertz CT molecular complexity index is 112. The lowest BCUT2D eigenvalue weighted by molar-refractivity contribution is 0.265. The van der Waals surface area contributed by atoms with Crippen LogP contribution in [0.5, 0.6) is 0 Å². The van der Waals surface area contributed by atoms with Gasteiger partial charge >= 0.3 is 9.28 Å². The van der Waals surface area contributed by atoms with E-state index in [9.17, 15) is 0 Å². The average molecular weight is 206 g/mol. The monoisotopic (exact) mass is 206 g/mol. The third-order valence-corrected chi connectivity index (χ3v) is 4.22. The molecule has 80 valence electrons. The SMILES string of the molecule is CO[SiH](OC)C(C)CCNCCN. The zero-order chi connectivity index (χ0) is 10.1. The highest BCUT2D eigenvalue weighted by molar-refractivity contribution is 6.46. The zero-order valence-corrected chi connectivity index (χ0v) is 10.0. The fraction of sp³-hybridized carbons (Fsp3) is 1.00. The van der Waals surface area contributed by atoms with E-state index in [0.29, 0.717) is 12.1 Å². The van der Waals surface area contributed by atoms with Crippen molar-refractivity contribution in [3.8, 4) is 0 Å². The van der Waals surface area contributed by atoms with E-state index in [1.807, 2.05) is 0 Å². The lowest BCUT2D eigenvalue weighted by Gasteiger charge is -2.18. The molecule has 1 unspecified atom stereocenters. The van der Waals surface area contributed by atoms with Crippen LogP contribution in [0.3, 0.4) is 0 Å². The van der Waals surface area contributed by atoms with Gasteiger partial charge in [-0.3, -0.25) is 0 Å². The van der Waals surface area contributed by atoms with Crippen LogP contribution < -0.4 is 11.1 Å². The highest BCUT2D eigenvalue weighted by Crippen LogP contribution is 2.13. The van der Waals surface area contributed by atoms with Crippen molar-refractivity contribution in [3.63, 3.8) is 0 Å². The summed E-state index contributed by atoms with van der Waals surface area (Å²) in [7, 11) is 2.04. The van der Waals surface area contributed by atoms with E-state index < -0.39 is 9.28 Å². The van der Waals surface area contributed by atoms with E-state index in [-0.39, 0.29) is 0 Å². The molecular weight excluding hydrogens is 184 g/mol.